The van der Waals surface area contributed by atoms with Crippen molar-refractivity contribution in [1.82, 2.24) is 9.88 Å². The van der Waals surface area contributed by atoms with Gasteiger partial charge in [-0.25, -0.2) is 4.79 Å². The minimum Gasteiger partial charge on any atom is -0.477 e. The quantitative estimate of drug-likeness (QED) is 0.229. The summed E-state index contributed by atoms with van der Waals surface area (Å²) < 4.78 is 64.5. The van der Waals surface area contributed by atoms with Gasteiger partial charge in [0.2, 0.25) is 0 Å². The minimum atomic E-state index is -5.59. The van der Waals surface area contributed by atoms with Gasteiger partial charge in [0.25, 0.3) is 0 Å². The van der Waals surface area contributed by atoms with Gasteiger partial charge in [0.15, 0.2) is 0 Å². The zero-order valence-corrected chi connectivity index (χ0v) is 23.2. The van der Waals surface area contributed by atoms with E-state index in [2.05, 4.69) is 5.32 Å². The second-order valence-electron chi connectivity index (χ2n) is 9.84. The lowest BCUT2D eigenvalue weighted by Gasteiger charge is -2.21. The molecular formula is C29H30F3N3O5S. The second kappa shape index (κ2) is 11.9. The number of benzene rings is 3. The van der Waals surface area contributed by atoms with Crippen LogP contribution >= 0.6 is 0 Å². The molecule has 1 aromatic heterocycles. The number of sulfonamides is 1. The van der Waals surface area contributed by atoms with E-state index >= 15 is 0 Å². The Hall–Kier alpha value is -3.87. The van der Waals surface area contributed by atoms with E-state index < -0.39 is 27.6 Å². The number of anilines is 1. The third kappa shape index (κ3) is 6.72. The fraction of sp³-hybridized carbons (Fsp3) is 0.276. The van der Waals surface area contributed by atoms with Gasteiger partial charge in [0.1, 0.15) is 5.69 Å². The Bertz CT molecular complexity index is 1640. The lowest BCUT2D eigenvalue weighted by molar-refractivity contribution is -0.0437. The van der Waals surface area contributed by atoms with Crippen molar-refractivity contribution < 1.29 is 36.6 Å². The molecule has 0 aliphatic heterocycles. The van der Waals surface area contributed by atoms with Crippen LogP contribution in [0.4, 0.5) is 18.9 Å². The number of nitrogens with one attached hydrogen (secondary N) is 1. The zero-order chi connectivity index (χ0) is 29.9. The summed E-state index contributed by atoms with van der Waals surface area (Å²) in [6.07, 6.45) is -0.0345. The number of aliphatic hydroxyl groups excluding tert-OH is 1. The van der Waals surface area contributed by atoms with Crippen LogP contribution in [0.3, 0.4) is 0 Å². The van der Waals surface area contributed by atoms with Crippen molar-refractivity contribution in [2.24, 2.45) is 0 Å². The van der Waals surface area contributed by atoms with Crippen LogP contribution in [0.2, 0.25) is 0 Å². The number of alkyl halides is 3. The number of nitrogens with zero attached hydrogens (tertiary/aromatic N) is 2. The molecule has 2 unspecified atom stereocenters. The molecule has 8 nitrogen and oxygen atoms in total. The Kier molecular flexibility index (Phi) is 8.76. The van der Waals surface area contributed by atoms with Gasteiger partial charge < -0.3 is 20.1 Å². The summed E-state index contributed by atoms with van der Waals surface area (Å²) in [4.78, 5) is 12.1. The van der Waals surface area contributed by atoms with Crippen molar-refractivity contribution in [3.05, 3.63) is 101 Å². The molecule has 4 rings (SSSR count). The summed E-state index contributed by atoms with van der Waals surface area (Å²) in [6.45, 7) is 2.35. The fourth-order valence-electron chi connectivity index (χ4n) is 4.65. The van der Waals surface area contributed by atoms with E-state index in [1.807, 2.05) is 49.4 Å². The molecule has 4 aromatic rings. The number of carbonyl (C=O) groups is 1. The molecule has 0 fully saturated rings. The Morgan fingerprint density at radius 3 is 2.37 bits per heavy atom. The lowest BCUT2D eigenvalue weighted by atomic mass is 10.0. The summed E-state index contributed by atoms with van der Waals surface area (Å²) in [5.41, 5.74) is -2.89. The number of carboxylic acids is 1. The molecule has 3 aromatic carbocycles. The second-order valence-corrected chi connectivity index (χ2v) is 11.8. The monoisotopic (exact) mass is 589 g/mol. The number of hydrogen-bond acceptors (Lipinski definition) is 5. The van der Waals surface area contributed by atoms with Crippen molar-refractivity contribution >= 4 is 32.6 Å². The van der Waals surface area contributed by atoms with E-state index in [1.165, 1.54) is 28.8 Å². The smallest absolute Gasteiger partial charge is 0.477 e. The molecule has 0 radical (unpaired) electrons. The average Bonchev–Trinajstić information content (AvgIpc) is 3.29. The first kappa shape index (κ1) is 30.1. The number of carboxylic acid groups (broad SMARTS) is 1. The van der Waals surface area contributed by atoms with E-state index in [-0.39, 0.29) is 28.3 Å². The van der Waals surface area contributed by atoms with E-state index in [9.17, 15) is 36.6 Å². The maximum Gasteiger partial charge on any atom is 0.516 e. The van der Waals surface area contributed by atoms with E-state index in [0.717, 1.165) is 18.2 Å². The highest BCUT2D eigenvalue weighted by molar-refractivity contribution is 7.93. The zero-order valence-electron chi connectivity index (χ0n) is 22.3. The summed E-state index contributed by atoms with van der Waals surface area (Å²) in [5.74, 6) is -1.18. The van der Waals surface area contributed by atoms with E-state index in [0.29, 0.717) is 29.4 Å². The average molecular weight is 590 g/mol. The SMILES string of the molecule is CC(Cc1ccc2c(c1)cc(C(=O)O)n2Cc1cccc(N(C)S(=O)(=O)C(F)(F)F)c1)NCC(O)c1ccccc1. The van der Waals surface area contributed by atoms with Gasteiger partial charge >= 0.3 is 21.5 Å². The number of halogens is 3. The molecule has 41 heavy (non-hydrogen) atoms. The highest BCUT2D eigenvalue weighted by atomic mass is 32.2. The number of fused-ring (bicyclic) bond motifs is 1. The van der Waals surface area contributed by atoms with E-state index in [4.69, 9.17) is 0 Å². The van der Waals surface area contributed by atoms with Crippen LogP contribution in [0, 0.1) is 0 Å². The van der Waals surface area contributed by atoms with Gasteiger partial charge in [0.05, 0.1) is 11.8 Å². The van der Waals surface area contributed by atoms with Crippen molar-refractivity contribution in [3.63, 3.8) is 0 Å². The summed E-state index contributed by atoms with van der Waals surface area (Å²) >= 11 is 0. The van der Waals surface area contributed by atoms with Crippen LogP contribution in [0.15, 0.2) is 78.9 Å². The van der Waals surface area contributed by atoms with Crippen molar-refractivity contribution in [1.29, 1.82) is 0 Å². The van der Waals surface area contributed by atoms with Crippen molar-refractivity contribution in [2.75, 3.05) is 17.9 Å². The van der Waals surface area contributed by atoms with Gasteiger partial charge in [-0.2, -0.15) is 21.6 Å². The molecule has 0 saturated heterocycles. The fourth-order valence-corrected chi connectivity index (χ4v) is 5.36. The largest absolute Gasteiger partial charge is 0.516 e. The highest BCUT2D eigenvalue weighted by Gasteiger charge is 2.49. The Balaban J connectivity index is 1.53. The Morgan fingerprint density at radius 2 is 1.71 bits per heavy atom. The number of hydrogen-bond donors (Lipinski definition) is 3. The predicted octanol–water partition coefficient (Wildman–Crippen LogP) is 4.93. The first-order valence-electron chi connectivity index (χ1n) is 12.7. The summed E-state index contributed by atoms with van der Waals surface area (Å²) in [5, 5.41) is 24.2. The normalized spacial score (nSPS) is 13.7. The van der Waals surface area contributed by atoms with Crippen LogP contribution in [-0.4, -0.2) is 54.3 Å². The van der Waals surface area contributed by atoms with Gasteiger partial charge in [0, 0.05) is 37.1 Å². The minimum absolute atomic E-state index is 0.00639. The van der Waals surface area contributed by atoms with Crippen LogP contribution in [0.1, 0.15) is 40.2 Å². The van der Waals surface area contributed by atoms with Gasteiger partial charge in [-0.1, -0.05) is 48.5 Å². The molecule has 0 saturated carbocycles. The first-order chi connectivity index (χ1) is 19.3. The van der Waals surface area contributed by atoms with Crippen LogP contribution in [0.25, 0.3) is 10.9 Å². The number of aliphatic hydroxyl groups is 1. The van der Waals surface area contributed by atoms with Gasteiger partial charge in [-0.3, -0.25) is 4.31 Å². The van der Waals surface area contributed by atoms with Crippen LogP contribution in [-0.2, 0) is 23.0 Å². The first-order valence-corrected chi connectivity index (χ1v) is 14.2. The predicted molar refractivity (Wildman–Crippen MR) is 150 cm³/mol. The van der Waals surface area contributed by atoms with Gasteiger partial charge in [-0.15, -0.1) is 0 Å². The molecule has 3 N–H and O–H groups in total. The topological polar surface area (TPSA) is 112 Å². The van der Waals surface area contributed by atoms with Crippen LogP contribution in [0.5, 0.6) is 0 Å². The molecule has 0 aliphatic carbocycles. The summed E-state index contributed by atoms with van der Waals surface area (Å²) in [6, 6.07) is 21.9. The number of aromatic carboxylic acids is 1. The summed E-state index contributed by atoms with van der Waals surface area (Å²) in [7, 11) is -4.77. The highest BCUT2D eigenvalue weighted by Crippen LogP contribution is 2.31. The molecule has 0 bridgehead atoms. The molecule has 0 amide bonds. The number of aromatic nitrogens is 1. The molecule has 0 spiro atoms. The maximum atomic E-state index is 13.0. The molecule has 218 valence electrons. The van der Waals surface area contributed by atoms with Crippen molar-refractivity contribution in [3.8, 4) is 0 Å². The maximum absolute atomic E-state index is 13.0. The third-order valence-corrected chi connectivity index (χ3v) is 8.36. The Morgan fingerprint density at radius 1 is 1.00 bits per heavy atom. The Labute approximate surface area is 235 Å². The number of rotatable bonds is 11. The van der Waals surface area contributed by atoms with Crippen LogP contribution < -0.4 is 9.62 Å². The molecule has 2 atom stereocenters. The standard InChI is InChI=1S/C29H30F3N3O5S/c1-19(33-17-27(36)22-8-4-3-5-9-22)13-20-11-12-25-23(14-20)16-26(28(37)38)35(25)18-21-7-6-10-24(15-21)34(2)41(39,40)29(30,31)32/h3-12,14-16,19,27,33,36H,13,17-18H2,1-2H3,(H,37,38). The van der Waals surface area contributed by atoms with Gasteiger partial charge in [-0.05, 0) is 60.4 Å². The molecule has 0 aliphatic rings. The molecule has 1 heterocycles. The third-order valence-electron chi connectivity index (χ3n) is 6.84. The molecule has 12 heteroatoms. The van der Waals surface area contributed by atoms with Crippen molar-refractivity contribution in [2.45, 2.75) is 37.5 Å². The lowest BCUT2D eigenvalue weighted by Crippen LogP contribution is -2.38. The molecular weight excluding hydrogens is 559 g/mol. The van der Waals surface area contributed by atoms with E-state index in [1.54, 1.807) is 12.1 Å².